The Morgan fingerprint density at radius 1 is 1.36 bits per heavy atom. The number of imidazole rings is 1. The van der Waals surface area contributed by atoms with Gasteiger partial charge < -0.3 is 30.5 Å². The lowest BCUT2D eigenvalue weighted by Gasteiger charge is -2.28. The number of rotatable bonds is 4. The van der Waals surface area contributed by atoms with Crippen LogP contribution in [0.5, 0.6) is 0 Å². The second-order valence-electron chi connectivity index (χ2n) is 5.48. The number of aromatic nitrogens is 4. The van der Waals surface area contributed by atoms with E-state index in [1.807, 2.05) is 0 Å². The molecule has 4 atom stereocenters. The van der Waals surface area contributed by atoms with Crippen molar-refractivity contribution in [3.8, 4) is 0 Å². The molecular weight excluding hydrogens is 367 g/mol. The van der Waals surface area contributed by atoms with Crippen LogP contribution < -0.4 is 5.73 Å². The summed E-state index contributed by atoms with van der Waals surface area (Å²) in [6, 6.07) is 0. The second kappa shape index (κ2) is 5.90. The third kappa shape index (κ3) is 2.69. The highest BCUT2D eigenvalue weighted by molar-refractivity contribution is 7.53. The molecule has 1 saturated heterocycles. The quantitative estimate of drug-likeness (QED) is 0.415. The van der Waals surface area contributed by atoms with E-state index in [-0.39, 0.29) is 17.0 Å². The monoisotopic (exact) mass is 381 g/mol. The van der Waals surface area contributed by atoms with Crippen molar-refractivity contribution in [1.29, 1.82) is 0 Å². The third-order valence-corrected chi connectivity index (χ3v) is 5.08. The van der Waals surface area contributed by atoms with E-state index in [9.17, 15) is 23.6 Å². The van der Waals surface area contributed by atoms with Crippen molar-refractivity contribution in [2.75, 3.05) is 12.3 Å². The number of nitrogens with two attached hydrogens (primary N) is 1. The van der Waals surface area contributed by atoms with Crippen LogP contribution in [-0.4, -0.2) is 64.0 Å². The first kappa shape index (κ1) is 18.0. The molecule has 3 heterocycles. The molecule has 6 N–H and O–H groups in total. The van der Waals surface area contributed by atoms with Crippen LogP contribution >= 0.6 is 7.60 Å². The number of hydrogen-bond acceptors (Lipinski definition) is 8. The molecule has 1 aliphatic rings. The van der Waals surface area contributed by atoms with Crippen molar-refractivity contribution in [2.45, 2.75) is 24.1 Å². The summed E-state index contributed by atoms with van der Waals surface area (Å²) in [5, 5.41) is 19.5. The predicted octanol–water partition coefficient (Wildman–Crippen LogP) is -0.954. The van der Waals surface area contributed by atoms with Gasteiger partial charge in [-0.1, -0.05) is 0 Å². The largest absolute Gasteiger partial charge is 0.395 e. The van der Waals surface area contributed by atoms with Crippen LogP contribution in [0.15, 0.2) is 12.7 Å². The molecule has 25 heavy (non-hydrogen) atoms. The molecular formula is C11H14F2N5O6P. The van der Waals surface area contributed by atoms with E-state index in [0.717, 1.165) is 17.2 Å². The molecule has 0 aliphatic carbocycles. The molecule has 138 valence electrons. The fourth-order valence-electron chi connectivity index (χ4n) is 2.81. The molecule has 0 spiro atoms. The van der Waals surface area contributed by atoms with Crippen molar-refractivity contribution in [3.63, 3.8) is 0 Å². The van der Waals surface area contributed by atoms with E-state index in [0.29, 0.717) is 0 Å². The molecule has 1 fully saturated rings. The number of fused-ring (bicyclic) bond motifs is 1. The molecule has 0 radical (unpaired) electrons. The summed E-state index contributed by atoms with van der Waals surface area (Å²) >= 11 is 0. The standard InChI is InChI=1S/C11H14F2N5O6P/c12-11(13,25(21,22)23)5-4(1-19)24-10(7(5)20)18-3-17-6-8(14)15-2-16-9(6)18/h2-5,7,10,19-20H,1H2,(H2,14,15,16)(H2,21,22,23)/t4-,5-,7-,10-/m1/s1. The Balaban J connectivity index is 2.05. The number of halogens is 2. The Morgan fingerprint density at radius 2 is 2.04 bits per heavy atom. The maximum atomic E-state index is 14.1. The first-order chi connectivity index (χ1) is 11.6. The number of aliphatic hydroxyl groups is 2. The molecule has 2 aromatic rings. The lowest BCUT2D eigenvalue weighted by atomic mass is 9.98. The average molecular weight is 381 g/mol. The van der Waals surface area contributed by atoms with Gasteiger partial charge in [-0.3, -0.25) is 9.13 Å². The summed E-state index contributed by atoms with van der Waals surface area (Å²) in [6.45, 7) is -0.989. The number of nitrogens with zero attached hydrogens (tertiary/aromatic N) is 4. The zero-order valence-electron chi connectivity index (χ0n) is 12.3. The summed E-state index contributed by atoms with van der Waals surface area (Å²) in [5.41, 5.74) is 1.20. The number of ether oxygens (including phenoxy) is 1. The summed E-state index contributed by atoms with van der Waals surface area (Å²) in [4.78, 5) is 29.3. The van der Waals surface area contributed by atoms with Gasteiger partial charge in [-0.2, -0.15) is 8.78 Å². The summed E-state index contributed by atoms with van der Waals surface area (Å²) < 4.78 is 45.7. The molecule has 3 rings (SSSR count). The molecule has 0 amide bonds. The van der Waals surface area contributed by atoms with Crippen LogP contribution in [0, 0.1) is 5.92 Å². The van der Waals surface area contributed by atoms with E-state index >= 15 is 0 Å². The lowest BCUT2D eigenvalue weighted by molar-refractivity contribution is -0.0711. The predicted molar refractivity (Wildman–Crippen MR) is 77.2 cm³/mol. The second-order valence-corrected chi connectivity index (χ2v) is 7.16. The lowest BCUT2D eigenvalue weighted by Crippen LogP contribution is -2.42. The maximum Gasteiger partial charge on any atom is 0.395 e. The van der Waals surface area contributed by atoms with Crippen molar-refractivity contribution >= 4 is 24.6 Å². The van der Waals surface area contributed by atoms with Gasteiger partial charge in [0.05, 0.1) is 25.0 Å². The van der Waals surface area contributed by atoms with Crippen molar-refractivity contribution in [3.05, 3.63) is 12.7 Å². The highest BCUT2D eigenvalue weighted by Crippen LogP contribution is 2.61. The number of alkyl halides is 2. The number of anilines is 1. The normalized spacial score (nSPS) is 27.9. The minimum atomic E-state index is -5.92. The van der Waals surface area contributed by atoms with Crippen LogP contribution in [0.3, 0.4) is 0 Å². The van der Waals surface area contributed by atoms with Crippen molar-refractivity contribution in [1.82, 2.24) is 19.5 Å². The SMILES string of the molecule is Nc1ncnc2c1ncn2[C@@H]1O[C@H](CO)[C@@H](C(F)(F)P(=O)(O)O)[C@H]1O. The van der Waals surface area contributed by atoms with Crippen LogP contribution in [0.1, 0.15) is 6.23 Å². The van der Waals surface area contributed by atoms with Crippen molar-refractivity contribution < 1.29 is 38.1 Å². The smallest absolute Gasteiger partial charge is 0.394 e. The number of hydrogen-bond donors (Lipinski definition) is 5. The van der Waals surface area contributed by atoms with Crippen LogP contribution in [-0.2, 0) is 9.30 Å². The Morgan fingerprint density at radius 3 is 2.64 bits per heavy atom. The van der Waals surface area contributed by atoms with Gasteiger partial charge in [0.1, 0.15) is 17.9 Å². The summed E-state index contributed by atoms with van der Waals surface area (Å²) in [5.74, 6) is -2.34. The van der Waals surface area contributed by atoms with E-state index in [1.54, 1.807) is 0 Å². The van der Waals surface area contributed by atoms with E-state index in [1.165, 1.54) is 0 Å². The Hall–Kier alpha value is -1.76. The maximum absolute atomic E-state index is 14.1. The molecule has 11 nitrogen and oxygen atoms in total. The fraction of sp³-hybridized carbons (Fsp3) is 0.545. The van der Waals surface area contributed by atoms with Gasteiger partial charge in [0, 0.05) is 0 Å². The topological polar surface area (TPSA) is 177 Å². The van der Waals surface area contributed by atoms with Gasteiger partial charge in [-0.05, 0) is 0 Å². The fourth-order valence-corrected chi connectivity index (χ4v) is 3.52. The van der Waals surface area contributed by atoms with E-state index in [4.69, 9.17) is 20.3 Å². The Kier molecular flexibility index (Phi) is 4.26. The molecule has 0 aromatic carbocycles. The minimum Gasteiger partial charge on any atom is -0.394 e. The zero-order chi connectivity index (χ0) is 18.6. The van der Waals surface area contributed by atoms with Gasteiger partial charge in [0.25, 0.3) is 0 Å². The zero-order valence-corrected chi connectivity index (χ0v) is 13.2. The van der Waals surface area contributed by atoms with E-state index < -0.39 is 44.2 Å². The van der Waals surface area contributed by atoms with Gasteiger partial charge in [0.2, 0.25) is 0 Å². The molecule has 1 aliphatic heterocycles. The van der Waals surface area contributed by atoms with Crippen molar-refractivity contribution in [2.24, 2.45) is 5.92 Å². The average Bonchev–Trinajstić information content (AvgIpc) is 3.08. The molecule has 0 saturated carbocycles. The summed E-state index contributed by atoms with van der Waals surface area (Å²) in [7, 11) is -5.92. The highest BCUT2D eigenvalue weighted by atomic mass is 31.2. The first-order valence-corrected chi connectivity index (χ1v) is 8.51. The Bertz CT molecular complexity index is 843. The Labute approximate surface area is 138 Å². The molecule has 14 heteroatoms. The van der Waals surface area contributed by atoms with Crippen LogP contribution in [0.2, 0.25) is 0 Å². The third-order valence-electron chi connectivity index (χ3n) is 4.01. The number of nitrogen functional groups attached to an aromatic ring is 1. The van der Waals surface area contributed by atoms with E-state index in [2.05, 4.69) is 15.0 Å². The minimum absolute atomic E-state index is 0.00652. The molecule has 0 bridgehead atoms. The van der Waals surface area contributed by atoms with Gasteiger partial charge in [-0.25, -0.2) is 15.0 Å². The summed E-state index contributed by atoms with van der Waals surface area (Å²) in [6.07, 6.45) is -3.11. The van der Waals surface area contributed by atoms with Gasteiger partial charge in [-0.15, -0.1) is 0 Å². The van der Waals surface area contributed by atoms with Gasteiger partial charge in [0.15, 0.2) is 17.7 Å². The van der Waals surface area contributed by atoms with Gasteiger partial charge >= 0.3 is 13.3 Å². The van der Waals surface area contributed by atoms with Crippen LogP contribution in [0.4, 0.5) is 14.6 Å². The first-order valence-electron chi connectivity index (χ1n) is 6.90. The van der Waals surface area contributed by atoms with Crippen LogP contribution in [0.25, 0.3) is 11.2 Å². The highest BCUT2D eigenvalue weighted by Gasteiger charge is 2.65. The molecule has 0 unspecified atom stereocenters. The molecule has 2 aromatic heterocycles. The number of aliphatic hydroxyl groups excluding tert-OH is 2.